The fourth-order valence-electron chi connectivity index (χ4n) is 2.00. The second-order valence-corrected chi connectivity index (χ2v) is 4.38. The smallest absolute Gasteiger partial charge is 0.256 e. The van der Waals surface area contributed by atoms with Crippen LogP contribution in [0.2, 0.25) is 5.02 Å². The fourth-order valence-corrected chi connectivity index (χ4v) is 2.17. The van der Waals surface area contributed by atoms with Crippen molar-refractivity contribution in [2.45, 2.75) is 12.8 Å². The van der Waals surface area contributed by atoms with Gasteiger partial charge in [-0.05, 0) is 31.0 Å². The molecule has 4 heteroatoms. The van der Waals surface area contributed by atoms with Gasteiger partial charge in [-0.25, -0.2) is 0 Å². The summed E-state index contributed by atoms with van der Waals surface area (Å²) >= 11 is 5.93. The number of likely N-dealkylation sites (tertiary alicyclic amines) is 1. The van der Waals surface area contributed by atoms with Gasteiger partial charge in [0.05, 0.1) is 5.56 Å². The Morgan fingerprint density at radius 3 is 2.69 bits per heavy atom. The summed E-state index contributed by atoms with van der Waals surface area (Å²) in [7, 11) is 1.81. The zero-order valence-corrected chi connectivity index (χ0v) is 10.0. The molecule has 0 spiro atoms. The highest BCUT2D eigenvalue weighted by Gasteiger charge is 2.21. The maximum Gasteiger partial charge on any atom is 0.256 e. The molecule has 1 fully saturated rings. The highest BCUT2D eigenvalue weighted by molar-refractivity contribution is 6.31. The van der Waals surface area contributed by atoms with Crippen LogP contribution in [0.4, 0.5) is 5.69 Å². The summed E-state index contributed by atoms with van der Waals surface area (Å²) < 4.78 is 0. The Morgan fingerprint density at radius 2 is 2.06 bits per heavy atom. The molecule has 0 radical (unpaired) electrons. The molecule has 2 rings (SSSR count). The molecule has 0 bridgehead atoms. The first kappa shape index (κ1) is 11.3. The SMILES string of the molecule is CNc1ccc(Cl)cc1C(=O)N1CCCC1. The van der Waals surface area contributed by atoms with Crippen LogP contribution in [0.15, 0.2) is 18.2 Å². The maximum absolute atomic E-state index is 12.2. The van der Waals surface area contributed by atoms with Crippen LogP contribution in [0.5, 0.6) is 0 Å². The molecule has 0 unspecified atom stereocenters. The highest BCUT2D eigenvalue weighted by atomic mass is 35.5. The van der Waals surface area contributed by atoms with Gasteiger partial charge in [-0.15, -0.1) is 0 Å². The number of hydrogen-bond donors (Lipinski definition) is 1. The Labute approximate surface area is 100 Å². The van der Waals surface area contributed by atoms with Gasteiger partial charge < -0.3 is 10.2 Å². The zero-order valence-electron chi connectivity index (χ0n) is 9.29. The highest BCUT2D eigenvalue weighted by Crippen LogP contribution is 2.23. The molecule has 1 aliphatic heterocycles. The Hall–Kier alpha value is -1.22. The lowest BCUT2D eigenvalue weighted by Gasteiger charge is -2.17. The van der Waals surface area contributed by atoms with E-state index in [1.54, 1.807) is 12.1 Å². The van der Waals surface area contributed by atoms with Gasteiger partial charge in [0, 0.05) is 30.8 Å². The first-order chi connectivity index (χ1) is 7.72. The molecule has 1 amide bonds. The van der Waals surface area contributed by atoms with Crippen LogP contribution in [0.1, 0.15) is 23.2 Å². The lowest BCUT2D eigenvalue weighted by molar-refractivity contribution is 0.0794. The minimum atomic E-state index is 0.0735. The van der Waals surface area contributed by atoms with Crippen molar-refractivity contribution in [3.8, 4) is 0 Å². The third kappa shape index (κ3) is 2.14. The largest absolute Gasteiger partial charge is 0.387 e. The molecule has 0 aromatic heterocycles. The molecule has 0 atom stereocenters. The van der Waals surface area contributed by atoms with Crippen LogP contribution in [-0.4, -0.2) is 30.9 Å². The van der Waals surface area contributed by atoms with Crippen LogP contribution >= 0.6 is 11.6 Å². The summed E-state index contributed by atoms with van der Waals surface area (Å²) in [5.74, 6) is 0.0735. The maximum atomic E-state index is 12.2. The molecule has 0 aliphatic carbocycles. The van der Waals surface area contributed by atoms with E-state index in [0.29, 0.717) is 10.6 Å². The Morgan fingerprint density at radius 1 is 1.38 bits per heavy atom. The predicted octanol–water partition coefficient (Wildman–Crippen LogP) is 2.62. The van der Waals surface area contributed by atoms with Gasteiger partial charge in [0.15, 0.2) is 0 Å². The van der Waals surface area contributed by atoms with E-state index < -0.39 is 0 Å². The summed E-state index contributed by atoms with van der Waals surface area (Å²) in [6.07, 6.45) is 2.20. The standard InChI is InChI=1S/C12H15ClN2O/c1-14-11-5-4-9(13)8-10(11)12(16)15-6-2-3-7-15/h4-5,8,14H,2-3,6-7H2,1H3. The minimum Gasteiger partial charge on any atom is -0.387 e. The summed E-state index contributed by atoms with van der Waals surface area (Å²) in [6.45, 7) is 1.71. The van der Waals surface area contributed by atoms with Crippen LogP contribution in [0, 0.1) is 0 Å². The molecular weight excluding hydrogens is 224 g/mol. The first-order valence-electron chi connectivity index (χ1n) is 5.49. The lowest BCUT2D eigenvalue weighted by Crippen LogP contribution is -2.28. The van der Waals surface area contributed by atoms with E-state index in [-0.39, 0.29) is 5.91 Å². The summed E-state index contributed by atoms with van der Waals surface area (Å²) in [5, 5.41) is 3.62. The zero-order chi connectivity index (χ0) is 11.5. The van der Waals surface area contributed by atoms with E-state index in [0.717, 1.165) is 31.6 Å². The number of hydrogen-bond acceptors (Lipinski definition) is 2. The van der Waals surface area contributed by atoms with E-state index in [9.17, 15) is 4.79 Å². The number of anilines is 1. The average molecular weight is 239 g/mol. The Bertz CT molecular complexity index is 400. The van der Waals surface area contributed by atoms with Crippen LogP contribution in [-0.2, 0) is 0 Å². The number of carbonyl (C=O) groups is 1. The predicted molar refractivity (Wildman–Crippen MR) is 66.1 cm³/mol. The first-order valence-corrected chi connectivity index (χ1v) is 5.87. The van der Waals surface area contributed by atoms with Gasteiger partial charge in [0.1, 0.15) is 0 Å². The van der Waals surface area contributed by atoms with Crippen LogP contribution in [0.3, 0.4) is 0 Å². The molecule has 1 aliphatic rings. The van der Waals surface area contributed by atoms with Gasteiger partial charge >= 0.3 is 0 Å². The van der Waals surface area contributed by atoms with Crippen molar-refractivity contribution in [3.05, 3.63) is 28.8 Å². The number of benzene rings is 1. The van der Waals surface area contributed by atoms with Crippen molar-refractivity contribution < 1.29 is 4.79 Å². The fraction of sp³-hybridized carbons (Fsp3) is 0.417. The van der Waals surface area contributed by atoms with Gasteiger partial charge in [-0.2, -0.15) is 0 Å². The number of halogens is 1. The Kier molecular flexibility index (Phi) is 3.34. The second-order valence-electron chi connectivity index (χ2n) is 3.94. The molecule has 16 heavy (non-hydrogen) atoms. The monoisotopic (exact) mass is 238 g/mol. The normalized spacial score (nSPS) is 15.2. The molecule has 86 valence electrons. The summed E-state index contributed by atoms with van der Waals surface area (Å²) in [5.41, 5.74) is 1.50. The van der Waals surface area contributed by atoms with Crippen molar-refractivity contribution >= 4 is 23.2 Å². The number of rotatable bonds is 2. The van der Waals surface area contributed by atoms with Crippen LogP contribution < -0.4 is 5.32 Å². The molecule has 1 aromatic rings. The quantitative estimate of drug-likeness (QED) is 0.859. The van der Waals surface area contributed by atoms with Crippen molar-refractivity contribution in [1.29, 1.82) is 0 Å². The molecule has 0 saturated carbocycles. The van der Waals surface area contributed by atoms with Gasteiger partial charge in [0.25, 0.3) is 5.91 Å². The number of amides is 1. The molecule has 1 saturated heterocycles. The second kappa shape index (κ2) is 4.74. The lowest BCUT2D eigenvalue weighted by atomic mass is 10.1. The van der Waals surface area contributed by atoms with E-state index in [1.807, 2.05) is 18.0 Å². The third-order valence-electron chi connectivity index (χ3n) is 2.87. The average Bonchev–Trinajstić information content (AvgIpc) is 2.81. The van der Waals surface area contributed by atoms with E-state index in [1.165, 1.54) is 0 Å². The van der Waals surface area contributed by atoms with Crippen molar-refractivity contribution in [2.75, 3.05) is 25.5 Å². The van der Waals surface area contributed by atoms with E-state index in [2.05, 4.69) is 5.32 Å². The van der Waals surface area contributed by atoms with Crippen molar-refractivity contribution in [3.63, 3.8) is 0 Å². The van der Waals surface area contributed by atoms with Gasteiger partial charge in [0.2, 0.25) is 0 Å². The number of nitrogens with one attached hydrogen (secondary N) is 1. The molecule has 3 nitrogen and oxygen atoms in total. The topological polar surface area (TPSA) is 32.3 Å². The van der Waals surface area contributed by atoms with Crippen molar-refractivity contribution in [1.82, 2.24) is 4.90 Å². The molecule has 1 N–H and O–H groups in total. The number of nitrogens with zero attached hydrogens (tertiary/aromatic N) is 1. The molecule has 1 aromatic carbocycles. The van der Waals surface area contributed by atoms with E-state index in [4.69, 9.17) is 11.6 Å². The third-order valence-corrected chi connectivity index (χ3v) is 3.11. The van der Waals surface area contributed by atoms with Crippen molar-refractivity contribution in [2.24, 2.45) is 0 Å². The van der Waals surface area contributed by atoms with Gasteiger partial charge in [-0.3, -0.25) is 4.79 Å². The summed E-state index contributed by atoms with van der Waals surface area (Å²) in [6, 6.07) is 5.35. The minimum absolute atomic E-state index is 0.0735. The van der Waals surface area contributed by atoms with Crippen LogP contribution in [0.25, 0.3) is 0 Å². The van der Waals surface area contributed by atoms with E-state index >= 15 is 0 Å². The molecule has 1 heterocycles. The number of carbonyl (C=O) groups excluding carboxylic acids is 1. The Balaban J connectivity index is 2.30. The summed E-state index contributed by atoms with van der Waals surface area (Å²) in [4.78, 5) is 14.1. The van der Waals surface area contributed by atoms with Gasteiger partial charge in [-0.1, -0.05) is 11.6 Å². The molecular formula is C12H15ClN2O.